The summed E-state index contributed by atoms with van der Waals surface area (Å²) in [4.78, 5) is 0. The first-order valence-electron chi connectivity index (χ1n) is 6.10. The summed E-state index contributed by atoms with van der Waals surface area (Å²) in [6.07, 6.45) is 0.915. The van der Waals surface area contributed by atoms with Gasteiger partial charge in [0.05, 0.1) is 11.0 Å². The third-order valence-corrected chi connectivity index (χ3v) is 5.57. The van der Waals surface area contributed by atoms with Crippen LogP contribution in [0.4, 0.5) is 5.69 Å². The van der Waals surface area contributed by atoms with Crippen molar-refractivity contribution in [2.75, 3.05) is 17.6 Å². The van der Waals surface area contributed by atoms with Gasteiger partial charge in [-0.1, -0.05) is 22.9 Å². The third-order valence-electron chi connectivity index (χ3n) is 2.87. The topological polar surface area (TPSA) is 46.2 Å². The minimum Gasteiger partial charge on any atom is -0.384 e. The molecule has 0 spiro atoms. The zero-order valence-corrected chi connectivity index (χ0v) is 13.4. The maximum atomic E-state index is 11.7. The number of aryl methyl sites for hydroxylation is 1. The van der Waals surface area contributed by atoms with Crippen LogP contribution in [0.5, 0.6) is 0 Å². The van der Waals surface area contributed by atoms with E-state index in [9.17, 15) is 8.42 Å². The molecule has 0 saturated heterocycles. The van der Waals surface area contributed by atoms with E-state index in [1.54, 1.807) is 13.8 Å². The molecular weight excluding hydrogens is 314 g/mol. The maximum absolute atomic E-state index is 11.7. The van der Waals surface area contributed by atoms with E-state index in [-0.39, 0.29) is 11.0 Å². The molecule has 0 heterocycles. The Kier molecular flexibility index (Phi) is 5.66. The molecule has 1 rings (SSSR count). The molecule has 5 heteroatoms. The van der Waals surface area contributed by atoms with Crippen LogP contribution in [0.3, 0.4) is 0 Å². The lowest BCUT2D eigenvalue weighted by molar-refractivity contribution is 0.588. The minimum atomic E-state index is -2.97. The van der Waals surface area contributed by atoms with Gasteiger partial charge in [-0.3, -0.25) is 0 Å². The monoisotopic (exact) mass is 333 g/mol. The number of halogens is 1. The van der Waals surface area contributed by atoms with E-state index in [0.29, 0.717) is 6.54 Å². The summed E-state index contributed by atoms with van der Waals surface area (Å²) in [5.41, 5.74) is 2.20. The Bertz CT molecular complexity index is 498. The minimum absolute atomic E-state index is 0.171. The molecule has 1 N–H and O–H groups in total. The number of sulfone groups is 1. The van der Waals surface area contributed by atoms with Crippen LogP contribution < -0.4 is 5.32 Å². The molecule has 0 fully saturated rings. The first kappa shape index (κ1) is 15.5. The normalized spacial score (nSPS) is 11.8. The van der Waals surface area contributed by atoms with E-state index in [1.807, 2.05) is 12.1 Å². The van der Waals surface area contributed by atoms with E-state index < -0.39 is 9.84 Å². The summed E-state index contributed by atoms with van der Waals surface area (Å²) in [7, 11) is -2.97. The molecule has 18 heavy (non-hydrogen) atoms. The van der Waals surface area contributed by atoms with Crippen molar-refractivity contribution < 1.29 is 8.42 Å². The summed E-state index contributed by atoms with van der Waals surface area (Å²) < 4.78 is 24.4. The molecule has 1 aromatic carbocycles. The highest BCUT2D eigenvalue weighted by Gasteiger charge is 2.15. The van der Waals surface area contributed by atoms with E-state index in [1.165, 1.54) is 5.56 Å². The Balaban J connectivity index is 2.65. The summed E-state index contributed by atoms with van der Waals surface area (Å²) in [6, 6.07) is 5.99. The largest absolute Gasteiger partial charge is 0.384 e. The second-order valence-corrected chi connectivity index (χ2v) is 8.09. The van der Waals surface area contributed by atoms with Gasteiger partial charge >= 0.3 is 0 Å². The van der Waals surface area contributed by atoms with Gasteiger partial charge in [-0.05, 0) is 44.0 Å². The van der Waals surface area contributed by atoms with Crippen LogP contribution in [0.15, 0.2) is 22.7 Å². The van der Waals surface area contributed by atoms with Gasteiger partial charge in [0.1, 0.15) is 0 Å². The Labute approximate surface area is 118 Å². The number of nitrogens with one attached hydrogen (secondary N) is 1. The van der Waals surface area contributed by atoms with Gasteiger partial charge in [0.25, 0.3) is 0 Å². The number of benzene rings is 1. The molecular formula is C13H20BrNO2S. The fourth-order valence-electron chi connectivity index (χ4n) is 1.59. The van der Waals surface area contributed by atoms with Crippen LogP contribution in [-0.4, -0.2) is 26.0 Å². The molecule has 0 aromatic heterocycles. The number of anilines is 1. The third kappa shape index (κ3) is 4.28. The molecule has 0 aliphatic carbocycles. The van der Waals surface area contributed by atoms with Crippen molar-refractivity contribution >= 4 is 31.5 Å². The van der Waals surface area contributed by atoms with Gasteiger partial charge in [-0.15, -0.1) is 0 Å². The van der Waals surface area contributed by atoms with E-state index in [2.05, 4.69) is 34.2 Å². The molecule has 102 valence electrons. The summed E-state index contributed by atoms with van der Waals surface area (Å²) in [5.74, 6) is 0.171. The van der Waals surface area contributed by atoms with Crippen molar-refractivity contribution in [2.24, 2.45) is 0 Å². The number of hydrogen-bond acceptors (Lipinski definition) is 3. The first-order valence-corrected chi connectivity index (χ1v) is 8.61. The van der Waals surface area contributed by atoms with Gasteiger partial charge < -0.3 is 5.32 Å². The highest BCUT2D eigenvalue weighted by atomic mass is 79.9. The second kappa shape index (κ2) is 6.57. The lowest BCUT2D eigenvalue weighted by atomic mass is 10.1. The SMILES string of the molecule is CCc1cc(Br)ccc1NCCS(=O)(=O)C(C)C. The van der Waals surface area contributed by atoms with Crippen LogP contribution in [0.25, 0.3) is 0 Å². The predicted molar refractivity (Wildman–Crippen MR) is 80.9 cm³/mol. The van der Waals surface area contributed by atoms with Crippen molar-refractivity contribution in [1.29, 1.82) is 0 Å². The van der Waals surface area contributed by atoms with Crippen molar-refractivity contribution in [3.63, 3.8) is 0 Å². The zero-order chi connectivity index (χ0) is 13.8. The Hall–Kier alpha value is -0.550. The Morgan fingerprint density at radius 2 is 2.00 bits per heavy atom. The highest BCUT2D eigenvalue weighted by molar-refractivity contribution is 9.10. The summed E-state index contributed by atoms with van der Waals surface area (Å²) in [6.45, 7) is 5.96. The molecule has 3 nitrogen and oxygen atoms in total. The molecule has 0 atom stereocenters. The quantitative estimate of drug-likeness (QED) is 0.869. The first-order chi connectivity index (χ1) is 8.36. The highest BCUT2D eigenvalue weighted by Crippen LogP contribution is 2.21. The van der Waals surface area contributed by atoms with Gasteiger partial charge in [-0.2, -0.15) is 0 Å². The van der Waals surface area contributed by atoms with Crippen LogP contribution in [0.2, 0.25) is 0 Å². The Morgan fingerprint density at radius 3 is 2.56 bits per heavy atom. The van der Waals surface area contributed by atoms with Crippen LogP contribution >= 0.6 is 15.9 Å². The van der Waals surface area contributed by atoms with E-state index in [4.69, 9.17) is 0 Å². The zero-order valence-electron chi connectivity index (χ0n) is 11.0. The predicted octanol–water partition coefficient (Wildman–Crippen LogP) is 3.25. The smallest absolute Gasteiger partial charge is 0.154 e. The van der Waals surface area contributed by atoms with Gasteiger partial charge in [-0.25, -0.2) is 8.42 Å². The van der Waals surface area contributed by atoms with Crippen LogP contribution in [0, 0.1) is 0 Å². The second-order valence-electron chi connectivity index (χ2n) is 4.50. The summed E-state index contributed by atoms with van der Waals surface area (Å²) >= 11 is 3.43. The van der Waals surface area contributed by atoms with Crippen LogP contribution in [-0.2, 0) is 16.3 Å². The fourth-order valence-corrected chi connectivity index (χ4v) is 2.86. The number of hydrogen-bond donors (Lipinski definition) is 1. The average Bonchev–Trinajstić information content (AvgIpc) is 2.30. The van der Waals surface area contributed by atoms with Crippen molar-refractivity contribution in [3.05, 3.63) is 28.2 Å². The number of rotatable bonds is 6. The van der Waals surface area contributed by atoms with Crippen molar-refractivity contribution in [2.45, 2.75) is 32.4 Å². The van der Waals surface area contributed by atoms with Gasteiger partial charge in [0, 0.05) is 16.7 Å². The standard InChI is InChI=1S/C13H20BrNO2S/c1-4-11-9-12(14)5-6-13(11)15-7-8-18(16,17)10(2)3/h5-6,9-10,15H,4,7-8H2,1-3H3. The van der Waals surface area contributed by atoms with E-state index in [0.717, 1.165) is 16.6 Å². The molecule has 0 saturated carbocycles. The van der Waals surface area contributed by atoms with Crippen molar-refractivity contribution in [3.8, 4) is 0 Å². The lowest BCUT2D eigenvalue weighted by Gasteiger charge is -2.12. The van der Waals surface area contributed by atoms with Gasteiger partial charge in [0.15, 0.2) is 9.84 Å². The fraction of sp³-hybridized carbons (Fsp3) is 0.538. The lowest BCUT2D eigenvalue weighted by Crippen LogP contribution is -2.23. The van der Waals surface area contributed by atoms with Crippen LogP contribution in [0.1, 0.15) is 26.3 Å². The summed E-state index contributed by atoms with van der Waals surface area (Å²) in [5, 5.41) is 2.89. The molecule has 0 aliphatic rings. The average molecular weight is 334 g/mol. The molecule has 0 bridgehead atoms. The van der Waals surface area contributed by atoms with E-state index >= 15 is 0 Å². The molecule has 0 unspecified atom stereocenters. The van der Waals surface area contributed by atoms with Gasteiger partial charge in [0.2, 0.25) is 0 Å². The molecule has 0 aliphatic heterocycles. The maximum Gasteiger partial charge on any atom is 0.154 e. The molecule has 0 radical (unpaired) electrons. The Morgan fingerprint density at radius 1 is 1.33 bits per heavy atom. The molecule has 0 amide bonds. The molecule has 1 aromatic rings. The van der Waals surface area contributed by atoms with Crippen molar-refractivity contribution in [1.82, 2.24) is 0 Å².